The molecule has 3 rings (SSSR count). The van der Waals surface area contributed by atoms with Crippen molar-refractivity contribution in [1.29, 1.82) is 0 Å². The second-order valence-corrected chi connectivity index (χ2v) is 8.74. The van der Waals surface area contributed by atoms with Crippen molar-refractivity contribution in [3.05, 3.63) is 35.2 Å². The van der Waals surface area contributed by atoms with Crippen LogP contribution < -0.4 is 15.9 Å². The summed E-state index contributed by atoms with van der Waals surface area (Å²) in [7, 11) is 0. The standard InChI is InChI=1S/C20H29N5O2S/c1-13-9-10-17(14(2)11-13)27-12-18-23-24-20(25(18)21)28-15(3)19(26)22-16-7-5-4-6-8-16/h9-11,15-16H,4-8,12,21H2,1-3H3,(H,22,26)/t15-/m1/s1. The number of rotatable bonds is 7. The number of thioether (sulfide) groups is 1. The van der Waals surface area contributed by atoms with Gasteiger partial charge in [-0.25, -0.2) is 4.68 Å². The molecular formula is C20H29N5O2S. The van der Waals surface area contributed by atoms with Gasteiger partial charge >= 0.3 is 0 Å². The van der Waals surface area contributed by atoms with Crippen molar-refractivity contribution in [3.63, 3.8) is 0 Å². The van der Waals surface area contributed by atoms with Crippen LogP contribution in [0.25, 0.3) is 0 Å². The fraction of sp³-hybridized carbons (Fsp3) is 0.550. The summed E-state index contributed by atoms with van der Waals surface area (Å²) >= 11 is 1.31. The van der Waals surface area contributed by atoms with E-state index in [-0.39, 0.29) is 17.8 Å². The Kier molecular flexibility index (Phi) is 6.83. The van der Waals surface area contributed by atoms with Gasteiger partial charge in [0.1, 0.15) is 12.4 Å². The Morgan fingerprint density at radius 2 is 2.07 bits per heavy atom. The SMILES string of the molecule is Cc1ccc(OCc2nnc(S[C@H](C)C(=O)NC3CCCCC3)n2N)c(C)c1. The van der Waals surface area contributed by atoms with Gasteiger partial charge in [0, 0.05) is 6.04 Å². The predicted molar refractivity (Wildman–Crippen MR) is 111 cm³/mol. The Hall–Kier alpha value is -2.22. The lowest BCUT2D eigenvalue weighted by atomic mass is 9.95. The van der Waals surface area contributed by atoms with Gasteiger partial charge in [-0.2, -0.15) is 0 Å². The minimum atomic E-state index is -0.290. The van der Waals surface area contributed by atoms with Crippen LogP contribution in [0.1, 0.15) is 56.0 Å². The van der Waals surface area contributed by atoms with Gasteiger partial charge in [-0.3, -0.25) is 4.79 Å². The maximum absolute atomic E-state index is 12.5. The van der Waals surface area contributed by atoms with Crippen LogP contribution >= 0.6 is 11.8 Å². The lowest BCUT2D eigenvalue weighted by Gasteiger charge is -2.24. The molecule has 1 aliphatic carbocycles. The molecule has 0 saturated heterocycles. The minimum Gasteiger partial charge on any atom is -0.485 e. The molecule has 0 aliphatic heterocycles. The predicted octanol–water partition coefficient (Wildman–Crippen LogP) is 3.12. The molecule has 1 fully saturated rings. The van der Waals surface area contributed by atoms with Crippen LogP contribution in [0.4, 0.5) is 0 Å². The summed E-state index contributed by atoms with van der Waals surface area (Å²) < 4.78 is 7.23. The van der Waals surface area contributed by atoms with E-state index in [2.05, 4.69) is 21.6 Å². The van der Waals surface area contributed by atoms with E-state index in [1.54, 1.807) is 0 Å². The number of amides is 1. The van der Waals surface area contributed by atoms with Gasteiger partial charge in [0.25, 0.3) is 0 Å². The summed E-state index contributed by atoms with van der Waals surface area (Å²) in [6.07, 6.45) is 5.77. The van der Waals surface area contributed by atoms with E-state index in [4.69, 9.17) is 10.6 Å². The molecule has 28 heavy (non-hydrogen) atoms. The Morgan fingerprint density at radius 1 is 1.32 bits per heavy atom. The number of carbonyl (C=O) groups excluding carboxylic acids is 1. The van der Waals surface area contributed by atoms with Gasteiger partial charge in [0.2, 0.25) is 11.1 Å². The molecule has 1 heterocycles. The average molecular weight is 404 g/mol. The van der Waals surface area contributed by atoms with Crippen molar-refractivity contribution in [2.75, 3.05) is 5.84 Å². The van der Waals surface area contributed by atoms with Gasteiger partial charge in [-0.05, 0) is 45.2 Å². The highest BCUT2D eigenvalue weighted by molar-refractivity contribution is 8.00. The van der Waals surface area contributed by atoms with Crippen molar-refractivity contribution in [3.8, 4) is 5.75 Å². The summed E-state index contributed by atoms with van der Waals surface area (Å²) in [6, 6.07) is 6.30. The van der Waals surface area contributed by atoms with E-state index >= 15 is 0 Å². The Morgan fingerprint density at radius 3 is 2.79 bits per heavy atom. The highest BCUT2D eigenvalue weighted by Gasteiger charge is 2.23. The number of nitrogens with zero attached hydrogens (tertiary/aromatic N) is 3. The average Bonchev–Trinajstić information content (AvgIpc) is 3.01. The van der Waals surface area contributed by atoms with Crippen LogP contribution in [0.5, 0.6) is 5.75 Å². The summed E-state index contributed by atoms with van der Waals surface area (Å²) in [5.74, 6) is 7.45. The molecule has 8 heteroatoms. The number of nitrogens with one attached hydrogen (secondary N) is 1. The summed E-state index contributed by atoms with van der Waals surface area (Å²) in [6.45, 7) is 6.13. The topological polar surface area (TPSA) is 95.1 Å². The Balaban J connectivity index is 1.55. The molecule has 1 amide bonds. The fourth-order valence-corrected chi connectivity index (χ4v) is 4.16. The first-order chi connectivity index (χ1) is 13.4. The first-order valence-electron chi connectivity index (χ1n) is 9.80. The summed E-state index contributed by atoms with van der Waals surface area (Å²) in [5, 5.41) is 11.6. The van der Waals surface area contributed by atoms with Crippen LogP contribution in [0.2, 0.25) is 0 Å². The Labute approximate surface area is 170 Å². The van der Waals surface area contributed by atoms with E-state index in [0.29, 0.717) is 17.0 Å². The van der Waals surface area contributed by atoms with Gasteiger partial charge in [-0.15, -0.1) is 10.2 Å². The summed E-state index contributed by atoms with van der Waals surface area (Å²) in [4.78, 5) is 12.5. The molecule has 1 saturated carbocycles. The summed E-state index contributed by atoms with van der Waals surface area (Å²) in [5.41, 5.74) is 2.25. The largest absolute Gasteiger partial charge is 0.485 e. The van der Waals surface area contributed by atoms with Crippen molar-refractivity contribution in [2.45, 2.75) is 75.9 Å². The van der Waals surface area contributed by atoms with Crippen molar-refractivity contribution in [2.24, 2.45) is 0 Å². The molecule has 1 aliphatic rings. The molecule has 3 N–H and O–H groups in total. The maximum atomic E-state index is 12.5. The number of aromatic nitrogens is 3. The number of hydrogen-bond donors (Lipinski definition) is 2. The highest BCUT2D eigenvalue weighted by atomic mass is 32.2. The third-order valence-corrected chi connectivity index (χ3v) is 6.08. The molecule has 152 valence electrons. The smallest absolute Gasteiger partial charge is 0.233 e. The highest BCUT2D eigenvalue weighted by Crippen LogP contribution is 2.24. The molecular weight excluding hydrogens is 374 g/mol. The molecule has 1 aromatic carbocycles. The third-order valence-electron chi connectivity index (χ3n) is 5.03. The number of nitrogen functional groups attached to an aromatic ring is 1. The molecule has 1 aromatic heterocycles. The molecule has 0 unspecified atom stereocenters. The zero-order chi connectivity index (χ0) is 20.1. The van der Waals surface area contributed by atoms with Crippen LogP contribution in [0.15, 0.2) is 23.4 Å². The van der Waals surface area contributed by atoms with Crippen molar-refractivity contribution >= 4 is 17.7 Å². The molecule has 0 bridgehead atoms. The molecule has 0 spiro atoms. The van der Waals surface area contributed by atoms with E-state index in [9.17, 15) is 4.79 Å². The molecule has 7 nitrogen and oxygen atoms in total. The normalized spacial score (nSPS) is 16.0. The second kappa shape index (κ2) is 9.32. The third kappa shape index (κ3) is 5.19. The lowest BCUT2D eigenvalue weighted by molar-refractivity contribution is -0.121. The lowest BCUT2D eigenvalue weighted by Crippen LogP contribution is -2.40. The molecule has 1 atom stereocenters. The zero-order valence-electron chi connectivity index (χ0n) is 16.8. The van der Waals surface area contributed by atoms with Gasteiger partial charge in [-0.1, -0.05) is 48.7 Å². The maximum Gasteiger partial charge on any atom is 0.233 e. The van der Waals surface area contributed by atoms with Gasteiger partial charge < -0.3 is 15.9 Å². The number of aryl methyl sites for hydroxylation is 2. The second-order valence-electron chi connectivity index (χ2n) is 7.43. The van der Waals surface area contributed by atoms with E-state index in [0.717, 1.165) is 24.2 Å². The first kappa shape index (κ1) is 20.5. The minimum absolute atomic E-state index is 0.0213. The molecule has 2 aromatic rings. The number of ether oxygens (including phenoxy) is 1. The van der Waals surface area contributed by atoms with Crippen LogP contribution in [-0.4, -0.2) is 32.1 Å². The van der Waals surface area contributed by atoms with Crippen molar-refractivity contribution in [1.82, 2.24) is 20.2 Å². The van der Waals surface area contributed by atoms with E-state index in [1.807, 2.05) is 32.9 Å². The van der Waals surface area contributed by atoms with E-state index < -0.39 is 0 Å². The molecule has 0 radical (unpaired) electrons. The van der Waals surface area contributed by atoms with Crippen LogP contribution in [0, 0.1) is 13.8 Å². The van der Waals surface area contributed by atoms with Gasteiger partial charge in [0.15, 0.2) is 5.82 Å². The quantitative estimate of drug-likeness (QED) is 0.545. The van der Waals surface area contributed by atoms with Gasteiger partial charge in [0.05, 0.1) is 5.25 Å². The number of nitrogens with two attached hydrogens (primary N) is 1. The first-order valence-corrected chi connectivity index (χ1v) is 10.7. The van der Waals surface area contributed by atoms with Crippen LogP contribution in [0.3, 0.4) is 0 Å². The number of benzene rings is 1. The fourth-order valence-electron chi connectivity index (χ4n) is 3.37. The monoisotopic (exact) mass is 403 g/mol. The van der Waals surface area contributed by atoms with Crippen LogP contribution in [-0.2, 0) is 11.4 Å². The van der Waals surface area contributed by atoms with E-state index in [1.165, 1.54) is 41.3 Å². The Bertz CT molecular complexity index is 817. The number of carbonyl (C=O) groups is 1. The van der Waals surface area contributed by atoms with Crippen molar-refractivity contribution < 1.29 is 9.53 Å². The zero-order valence-corrected chi connectivity index (χ0v) is 17.6. The number of hydrogen-bond acceptors (Lipinski definition) is 6.